The molecule has 4 aromatic rings. The van der Waals surface area contributed by atoms with Crippen LogP contribution >= 0.6 is 0 Å². The van der Waals surface area contributed by atoms with Gasteiger partial charge in [0.2, 0.25) is 0 Å². The molecule has 38 heavy (non-hydrogen) atoms. The summed E-state index contributed by atoms with van der Waals surface area (Å²) in [7, 11) is 0. The van der Waals surface area contributed by atoms with Crippen molar-refractivity contribution in [1.29, 1.82) is 0 Å². The Morgan fingerprint density at radius 3 is 0.737 bits per heavy atom. The van der Waals surface area contributed by atoms with E-state index in [-0.39, 0.29) is 16.5 Å². The molecular weight excluding hydrogens is 583 g/mol. The zero-order chi connectivity index (χ0) is 27.0. The van der Waals surface area contributed by atoms with Gasteiger partial charge in [0.1, 0.15) is 0 Å². The number of hydrogen-bond donors (Lipinski definition) is 0. The Hall–Kier alpha value is -2.27. The molecule has 0 amide bonds. The van der Waals surface area contributed by atoms with Crippen LogP contribution in [0.15, 0.2) is 121 Å². The van der Waals surface area contributed by atoms with Crippen LogP contribution in [0.3, 0.4) is 0 Å². The third-order valence-corrected chi connectivity index (χ3v) is 7.39. The van der Waals surface area contributed by atoms with Crippen molar-refractivity contribution >= 4 is 70.1 Å². The first kappa shape index (κ1) is 33.8. The molecule has 0 aliphatic heterocycles. The molecule has 0 saturated carbocycles. The molecule has 0 aliphatic rings. The average Bonchev–Trinajstić information content (AvgIpc) is 2.98. The van der Waals surface area contributed by atoms with Crippen LogP contribution in [-0.2, 0) is 67.0 Å². The molecule has 0 heterocycles. The van der Waals surface area contributed by atoms with Crippen LogP contribution in [0.25, 0.3) is 19.6 Å². The Kier molecular flexibility index (Phi) is 16.8. The quantitative estimate of drug-likeness (QED) is 0.125. The number of rotatable bonds is 5. The molecule has 0 aliphatic carbocycles. The van der Waals surface area contributed by atoms with Gasteiger partial charge < -0.3 is 50.5 Å². The molecule has 202 valence electrons. The summed E-state index contributed by atoms with van der Waals surface area (Å²) in [5.41, 5.74) is 4.02. The maximum absolute atomic E-state index is 5.38. The molecule has 4 rings (SSSR count). The zero-order valence-corrected chi connectivity index (χ0v) is 26.0. The molecule has 5 heteroatoms. The van der Waals surface area contributed by atoms with Crippen molar-refractivity contribution in [3.05, 3.63) is 144 Å². The van der Waals surface area contributed by atoms with E-state index in [1.165, 1.54) is 6.42 Å². The Balaban J connectivity index is 0.000000317. The summed E-state index contributed by atoms with van der Waals surface area (Å²) >= 11 is 21.5. The van der Waals surface area contributed by atoms with Gasteiger partial charge in [-0.2, -0.15) is 19.6 Å². The topological polar surface area (TPSA) is 0 Å². The second kappa shape index (κ2) is 18.9. The van der Waals surface area contributed by atoms with Crippen LogP contribution in [-0.4, -0.2) is 0 Å². The normalized spacial score (nSPS) is 11.4. The molecule has 0 fully saturated rings. The van der Waals surface area contributed by atoms with Gasteiger partial charge in [-0.3, -0.25) is 0 Å². The Labute approximate surface area is 261 Å². The fourth-order valence-corrected chi connectivity index (χ4v) is 3.90. The van der Waals surface area contributed by atoms with Crippen LogP contribution in [0.1, 0.15) is 49.4 Å². The second-order valence-corrected chi connectivity index (χ2v) is 10.2. The van der Waals surface area contributed by atoms with Crippen molar-refractivity contribution in [3.63, 3.8) is 0 Å². The van der Waals surface area contributed by atoms with Crippen LogP contribution in [0.2, 0.25) is 0 Å². The maximum atomic E-state index is 5.38. The van der Waals surface area contributed by atoms with Crippen molar-refractivity contribution in [2.45, 2.75) is 27.2 Å². The summed E-state index contributed by atoms with van der Waals surface area (Å²) in [5.74, 6) is 0.884. The third-order valence-electron chi connectivity index (χ3n) is 5.37. The minimum atomic E-state index is 0. The molecule has 0 spiro atoms. The molecule has 0 atom stereocenters. The van der Waals surface area contributed by atoms with Gasteiger partial charge in [0.25, 0.3) is 0 Å². The Bertz CT molecular complexity index is 1050. The maximum Gasteiger partial charge on any atom is 0 e. The largest absolute Gasteiger partial charge is 0.781 e. The third kappa shape index (κ3) is 11.6. The van der Waals surface area contributed by atoms with Crippen molar-refractivity contribution in [2.24, 2.45) is 5.92 Å². The van der Waals surface area contributed by atoms with Gasteiger partial charge in [-0.25, -0.2) is 0 Å². The monoisotopic (exact) mass is 614 g/mol. The van der Waals surface area contributed by atoms with Crippen molar-refractivity contribution in [3.8, 4) is 0 Å². The van der Waals surface area contributed by atoms with Crippen molar-refractivity contribution in [2.75, 3.05) is 0 Å². The van der Waals surface area contributed by atoms with E-state index in [2.05, 4.69) is 20.8 Å². The summed E-state index contributed by atoms with van der Waals surface area (Å²) in [6.45, 7) is 6.64. The summed E-state index contributed by atoms with van der Waals surface area (Å²) in [6.07, 6.45) is 1.31. The van der Waals surface area contributed by atoms with Crippen molar-refractivity contribution < 1.29 is 16.5 Å². The van der Waals surface area contributed by atoms with Gasteiger partial charge in [-0.15, -0.1) is 0 Å². The minimum absolute atomic E-state index is 0. The molecule has 0 bridgehead atoms. The van der Waals surface area contributed by atoms with Gasteiger partial charge >= 0.3 is 0 Å². The fourth-order valence-electron chi connectivity index (χ4n) is 2.88. The van der Waals surface area contributed by atoms with Crippen LogP contribution in [0.4, 0.5) is 0 Å². The van der Waals surface area contributed by atoms with Crippen molar-refractivity contribution in [1.82, 2.24) is 0 Å². The zero-order valence-electron chi connectivity index (χ0n) is 21.8. The van der Waals surface area contributed by atoms with Gasteiger partial charge in [-0.1, -0.05) is 149 Å². The number of benzene rings is 4. The predicted molar refractivity (Wildman–Crippen MR) is 174 cm³/mol. The van der Waals surface area contributed by atoms with E-state index >= 15 is 0 Å². The van der Waals surface area contributed by atoms with Crippen LogP contribution < -0.4 is 0 Å². The molecule has 0 saturated heterocycles. The first-order chi connectivity index (χ1) is 17.8. The van der Waals surface area contributed by atoms with Gasteiger partial charge in [0.15, 0.2) is 0 Å². The van der Waals surface area contributed by atoms with E-state index < -0.39 is 0 Å². The Morgan fingerprint density at radius 2 is 0.605 bits per heavy atom. The second-order valence-electron chi connectivity index (χ2n) is 8.58. The van der Waals surface area contributed by atoms with Gasteiger partial charge in [0, 0.05) is 16.5 Å². The van der Waals surface area contributed by atoms with E-state index in [4.69, 9.17) is 50.5 Å². The van der Waals surface area contributed by atoms with E-state index in [1.807, 2.05) is 121 Å². The molecule has 0 aromatic heterocycles. The average molecular weight is 616 g/mol. The molecule has 4 aromatic carbocycles. The molecule has 0 nitrogen and oxygen atoms in total. The smallest absolute Gasteiger partial charge is 0 e. The van der Waals surface area contributed by atoms with E-state index in [0.717, 1.165) is 47.8 Å². The van der Waals surface area contributed by atoms with Crippen LogP contribution in [0.5, 0.6) is 0 Å². The molecular formula is C33H32NiS4-4. The summed E-state index contributed by atoms with van der Waals surface area (Å²) in [6, 6.07) is 39.5. The summed E-state index contributed by atoms with van der Waals surface area (Å²) < 4.78 is 0. The summed E-state index contributed by atoms with van der Waals surface area (Å²) in [4.78, 5) is 2.95. The van der Waals surface area contributed by atoms with Gasteiger partial charge in [0.05, 0.1) is 0 Å². The Morgan fingerprint density at radius 1 is 0.447 bits per heavy atom. The number of hydrogen-bond acceptors (Lipinski definition) is 4. The van der Waals surface area contributed by atoms with Gasteiger partial charge in [-0.05, 0) is 28.2 Å². The molecule has 0 N–H and O–H groups in total. The minimum Gasteiger partial charge on any atom is -0.781 e. The summed E-state index contributed by atoms with van der Waals surface area (Å²) in [5, 5.41) is 0. The first-order valence-electron chi connectivity index (χ1n) is 12.2. The molecule has 0 radical (unpaired) electrons. The van der Waals surface area contributed by atoms with Crippen LogP contribution in [0, 0.1) is 5.92 Å². The van der Waals surface area contributed by atoms with E-state index in [1.54, 1.807) is 0 Å². The first-order valence-corrected chi connectivity index (χ1v) is 13.9. The predicted octanol–water partition coefficient (Wildman–Crippen LogP) is 9.26. The van der Waals surface area contributed by atoms with E-state index in [0.29, 0.717) is 0 Å². The molecule has 0 unspecified atom stereocenters. The standard InChI is InChI=1S/2C14H12S2.C5H12.Ni/c2*15-13(11-7-3-1-4-8-11)14(16)12-9-5-2-6-10-12;1-4-5(2)3;/h2*1-10,15-16H;5H,4H2,1-3H3;/p-4. The van der Waals surface area contributed by atoms with E-state index in [9.17, 15) is 0 Å². The fraction of sp³-hybridized carbons (Fsp3) is 0.152. The SMILES string of the molecule is CCC(C)C.[Ni].[S-]C(=C([S-])c1ccccc1)c1ccccc1.[S-]C(=C([S-])c1ccccc1)c1ccccc1.